The summed E-state index contributed by atoms with van der Waals surface area (Å²) in [7, 11) is 1.69. The molecule has 0 aromatic heterocycles. The highest BCUT2D eigenvalue weighted by molar-refractivity contribution is 4.93. The average molecular weight is 213 g/mol. The van der Waals surface area contributed by atoms with E-state index in [-0.39, 0.29) is 5.41 Å². The number of methoxy groups -OCH3 is 1. The van der Waals surface area contributed by atoms with Gasteiger partial charge in [0.15, 0.2) is 0 Å². The van der Waals surface area contributed by atoms with Crippen LogP contribution in [0.4, 0.5) is 0 Å². The molecule has 0 aromatic rings. The molecule has 0 aliphatic heterocycles. The van der Waals surface area contributed by atoms with E-state index >= 15 is 0 Å². The predicted molar refractivity (Wildman–Crippen MR) is 61.3 cm³/mol. The first-order valence-corrected chi connectivity index (χ1v) is 5.39. The molecule has 3 N–H and O–H groups in total. The monoisotopic (exact) mass is 213 g/mol. The van der Waals surface area contributed by atoms with Crippen molar-refractivity contribution in [2.75, 3.05) is 26.8 Å². The van der Waals surface area contributed by atoms with Gasteiger partial charge in [0, 0.05) is 19.7 Å². The third-order valence-electron chi connectivity index (χ3n) is 2.26. The van der Waals surface area contributed by atoms with E-state index in [0.29, 0.717) is 25.7 Å². The van der Waals surface area contributed by atoms with Gasteiger partial charge in [0.1, 0.15) is 0 Å². The molecule has 0 aliphatic rings. The molecular formula is C11H23N3O. The molecule has 0 fully saturated rings. The van der Waals surface area contributed by atoms with Gasteiger partial charge in [-0.05, 0) is 33.2 Å². The first-order valence-electron chi connectivity index (χ1n) is 5.39. The highest BCUT2D eigenvalue weighted by atomic mass is 16.5. The Bertz CT molecular complexity index is 198. The number of nitrogens with zero attached hydrogens (tertiary/aromatic N) is 1. The first-order chi connectivity index (χ1) is 7.05. The Balaban J connectivity index is 3.90. The lowest BCUT2D eigenvalue weighted by Crippen LogP contribution is -2.39. The van der Waals surface area contributed by atoms with Gasteiger partial charge in [-0.25, -0.2) is 0 Å². The summed E-state index contributed by atoms with van der Waals surface area (Å²) in [6, 6.07) is 2.56. The molecule has 0 bridgehead atoms. The van der Waals surface area contributed by atoms with Crippen LogP contribution in [0.3, 0.4) is 0 Å². The standard InChI is InChI=1S/C11H23N3O/c1-11(2,8-13)9-14-10(7-15-3)5-4-6-12/h10,14H,4-7,9,12H2,1-3H3. The summed E-state index contributed by atoms with van der Waals surface area (Å²) in [5, 5.41) is 12.2. The fourth-order valence-corrected chi connectivity index (χ4v) is 1.25. The minimum absolute atomic E-state index is 0.297. The molecule has 88 valence electrons. The molecule has 0 aliphatic carbocycles. The molecule has 0 saturated carbocycles. The summed E-state index contributed by atoms with van der Waals surface area (Å²) in [4.78, 5) is 0. The van der Waals surface area contributed by atoms with E-state index in [0.717, 1.165) is 12.8 Å². The van der Waals surface area contributed by atoms with Gasteiger partial charge >= 0.3 is 0 Å². The van der Waals surface area contributed by atoms with Crippen LogP contribution in [-0.4, -0.2) is 32.8 Å². The summed E-state index contributed by atoms with van der Waals surface area (Å²) in [5.41, 5.74) is 5.14. The van der Waals surface area contributed by atoms with Crippen LogP contribution in [0.5, 0.6) is 0 Å². The van der Waals surface area contributed by atoms with Gasteiger partial charge in [-0.2, -0.15) is 5.26 Å². The topological polar surface area (TPSA) is 71.1 Å². The van der Waals surface area contributed by atoms with Gasteiger partial charge in [-0.15, -0.1) is 0 Å². The lowest BCUT2D eigenvalue weighted by Gasteiger charge is -2.22. The zero-order valence-corrected chi connectivity index (χ0v) is 10.0. The van der Waals surface area contributed by atoms with Crippen molar-refractivity contribution < 1.29 is 4.74 Å². The molecular weight excluding hydrogens is 190 g/mol. The maximum absolute atomic E-state index is 8.87. The number of ether oxygens (including phenoxy) is 1. The maximum atomic E-state index is 8.87. The van der Waals surface area contributed by atoms with Gasteiger partial charge in [-0.3, -0.25) is 0 Å². The predicted octanol–water partition coefficient (Wildman–Crippen LogP) is 0.880. The van der Waals surface area contributed by atoms with Gasteiger partial charge in [0.05, 0.1) is 18.1 Å². The van der Waals surface area contributed by atoms with E-state index < -0.39 is 0 Å². The maximum Gasteiger partial charge on any atom is 0.0697 e. The van der Waals surface area contributed by atoms with Crippen molar-refractivity contribution in [2.24, 2.45) is 11.1 Å². The molecule has 0 spiro atoms. The van der Waals surface area contributed by atoms with Crippen molar-refractivity contribution in [1.82, 2.24) is 5.32 Å². The van der Waals surface area contributed by atoms with Gasteiger partial charge < -0.3 is 15.8 Å². The number of nitrogens with one attached hydrogen (secondary N) is 1. The third-order valence-corrected chi connectivity index (χ3v) is 2.26. The normalized spacial score (nSPS) is 13.5. The zero-order valence-electron chi connectivity index (χ0n) is 10.0. The number of hydrogen-bond acceptors (Lipinski definition) is 4. The molecule has 0 radical (unpaired) electrons. The number of nitriles is 1. The van der Waals surface area contributed by atoms with Crippen molar-refractivity contribution in [3.8, 4) is 6.07 Å². The molecule has 4 nitrogen and oxygen atoms in total. The van der Waals surface area contributed by atoms with E-state index in [2.05, 4.69) is 11.4 Å². The fraction of sp³-hybridized carbons (Fsp3) is 0.909. The van der Waals surface area contributed by atoms with Crippen molar-refractivity contribution in [2.45, 2.75) is 32.7 Å². The highest BCUT2D eigenvalue weighted by Gasteiger charge is 2.18. The Kier molecular flexibility index (Phi) is 7.31. The number of hydrogen-bond donors (Lipinski definition) is 2. The minimum atomic E-state index is -0.325. The van der Waals surface area contributed by atoms with Gasteiger partial charge in [0.25, 0.3) is 0 Å². The second-order valence-corrected chi connectivity index (χ2v) is 4.46. The quantitative estimate of drug-likeness (QED) is 0.628. The fourth-order valence-electron chi connectivity index (χ4n) is 1.25. The Hall–Kier alpha value is -0.630. The molecule has 0 amide bonds. The third kappa shape index (κ3) is 7.32. The lowest BCUT2D eigenvalue weighted by molar-refractivity contribution is 0.157. The minimum Gasteiger partial charge on any atom is -0.383 e. The SMILES string of the molecule is COCC(CCCN)NCC(C)(C)C#N. The van der Waals surface area contributed by atoms with Gasteiger partial charge in [-0.1, -0.05) is 0 Å². The summed E-state index contributed by atoms with van der Waals surface area (Å²) in [6.45, 7) is 5.90. The van der Waals surface area contributed by atoms with Crippen LogP contribution in [-0.2, 0) is 4.74 Å². The molecule has 4 heteroatoms. The molecule has 15 heavy (non-hydrogen) atoms. The van der Waals surface area contributed by atoms with Crippen molar-refractivity contribution >= 4 is 0 Å². The largest absolute Gasteiger partial charge is 0.383 e. The second-order valence-electron chi connectivity index (χ2n) is 4.46. The zero-order chi connectivity index (χ0) is 11.7. The Morgan fingerprint density at radius 3 is 2.67 bits per heavy atom. The molecule has 1 unspecified atom stereocenters. The van der Waals surface area contributed by atoms with Crippen molar-refractivity contribution in [3.63, 3.8) is 0 Å². The van der Waals surface area contributed by atoms with Crippen molar-refractivity contribution in [3.05, 3.63) is 0 Å². The number of nitrogens with two attached hydrogens (primary N) is 1. The molecule has 0 heterocycles. The van der Waals surface area contributed by atoms with Crippen LogP contribution in [0.25, 0.3) is 0 Å². The summed E-state index contributed by atoms with van der Waals surface area (Å²) in [5.74, 6) is 0. The smallest absolute Gasteiger partial charge is 0.0697 e. The summed E-state index contributed by atoms with van der Waals surface area (Å²) >= 11 is 0. The highest BCUT2D eigenvalue weighted by Crippen LogP contribution is 2.11. The lowest BCUT2D eigenvalue weighted by atomic mass is 9.95. The molecule has 0 rings (SSSR count). The van der Waals surface area contributed by atoms with Crippen LogP contribution < -0.4 is 11.1 Å². The van der Waals surface area contributed by atoms with Crippen LogP contribution in [0.2, 0.25) is 0 Å². The van der Waals surface area contributed by atoms with Crippen LogP contribution in [0.15, 0.2) is 0 Å². The van der Waals surface area contributed by atoms with E-state index in [1.165, 1.54) is 0 Å². The molecule has 0 saturated heterocycles. The Labute approximate surface area is 92.8 Å². The van der Waals surface area contributed by atoms with Crippen LogP contribution in [0, 0.1) is 16.7 Å². The van der Waals surface area contributed by atoms with Crippen LogP contribution >= 0.6 is 0 Å². The summed E-state index contributed by atoms with van der Waals surface area (Å²) < 4.78 is 5.11. The Morgan fingerprint density at radius 2 is 2.20 bits per heavy atom. The van der Waals surface area contributed by atoms with E-state index in [9.17, 15) is 0 Å². The first kappa shape index (κ1) is 14.4. The van der Waals surface area contributed by atoms with E-state index in [4.69, 9.17) is 15.7 Å². The Morgan fingerprint density at radius 1 is 1.53 bits per heavy atom. The molecule has 1 atom stereocenters. The van der Waals surface area contributed by atoms with Gasteiger partial charge in [0.2, 0.25) is 0 Å². The number of rotatable bonds is 8. The van der Waals surface area contributed by atoms with Crippen molar-refractivity contribution in [1.29, 1.82) is 5.26 Å². The average Bonchev–Trinajstić information content (AvgIpc) is 2.22. The molecule has 0 aromatic carbocycles. The van der Waals surface area contributed by atoms with E-state index in [1.807, 2.05) is 13.8 Å². The second kappa shape index (κ2) is 7.63. The van der Waals surface area contributed by atoms with Crippen LogP contribution in [0.1, 0.15) is 26.7 Å². The summed E-state index contributed by atoms with van der Waals surface area (Å²) in [6.07, 6.45) is 1.97. The van der Waals surface area contributed by atoms with E-state index in [1.54, 1.807) is 7.11 Å².